The first-order chi connectivity index (χ1) is 12.2. The monoisotopic (exact) mass is 337 g/mol. The number of carbonyl (C=O) groups excluding carboxylic acids is 1. The van der Waals surface area contributed by atoms with Crippen molar-refractivity contribution in [1.29, 1.82) is 0 Å². The van der Waals surface area contributed by atoms with Crippen molar-refractivity contribution in [2.45, 2.75) is 13.8 Å². The van der Waals surface area contributed by atoms with Crippen LogP contribution in [-0.2, 0) is 0 Å². The molecule has 5 heteroatoms. The Bertz CT molecular complexity index is 835. The Balaban J connectivity index is 1.77. The molecule has 0 unspecified atom stereocenters. The Morgan fingerprint density at radius 2 is 1.48 bits per heavy atom. The third-order valence-electron chi connectivity index (χ3n) is 3.58. The predicted octanol–water partition coefficient (Wildman–Crippen LogP) is 4.37. The van der Waals surface area contributed by atoms with E-state index in [1.54, 1.807) is 30.5 Å². The molecule has 128 valence electrons. The summed E-state index contributed by atoms with van der Waals surface area (Å²) in [5.41, 5.74) is 1.34. The number of carbonyl (C=O) groups is 1. The van der Waals surface area contributed by atoms with Gasteiger partial charge in [0, 0.05) is 11.1 Å². The molecule has 2 aromatic carbocycles. The molecule has 0 spiro atoms. The number of ether oxygens (including phenoxy) is 2. The number of nitrogens with zero attached hydrogens (tertiary/aromatic N) is 1. The number of oxazole rings is 1. The molecule has 1 heterocycles. The Labute approximate surface area is 146 Å². The molecule has 0 bridgehead atoms. The molecule has 0 radical (unpaired) electrons. The molecule has 0 saturated heterocycles. The van der Waals surface area contributed by atoms with Crippen LogP contribution >= 0.6 is 0 Å². The molecule has 0 amide bonds. The summed E-state index contributed by atoms with van der Waals surface area (Å²) in [5.74, 6) is 1.85. The number of hydrogen-bond acceptors (Lipinski definition) is 5. The van der Waals surface area contributed by atoms with Crippen molar-refractivity contribution in [2.24, 2.45) is 0 Å². The SMILES string of the molecule is CCOc1ccc(C(=O)c2ncc(-c3ccc(OCC)cc3)o2)cc1. The topological polar surface area (TPSA) is 61.6 Å². The predicted molar refractivity (Wildman–Crippen MR) is 94.2 cm³/mol. The second-order valence-corrected chi connectivity index (χ2v) is 5.27. The van der Waals surface area contributed by atoms with Crippen LogP contribution in [0.5, 0.6) is 11.5 Å². The standard InChI is InChI=1S/C20H19NO4/c1-3-23-16-9-5-14(6-10-16)18-13-21-20(25-18)19(22)15-7-11-17(12-8-15)24-4-2/h5-13H,3-4H2,1-2H3. The second kappa shape index (κ2) is 7.66. The summed E-state index contributed by atoms with van der Waals surface area (Å²) in [5, 5.41) is 0. The maximum atomic E-state index is 12.5. The number of benzene rings is 2. The van der Waals surface area contributed by atoms with Gasteiger partial charge in [0.2, 0.25) is 5.78 Å². The summed E-state index contributed by atoms with van der Waals surface area (Å²) in [4.78, 5) is 16.6. The number of aromatic nitrogens is 1. The van der Waals surface area contributed by atoms with E-state index in [0.29, 0.717) is 24.5 Å². The lowest BCUT2D eigenvalue weighted by Crippen LogP contribution is -2.01. The molecule has 3 rings (SSSR count). The molecule has 0 aliphatic carbocycles. The van der Waals surface area contributed by atoms with Crippen LogP contribution in [0.15, 0.2) is 59.1 Å². The molecule has 0 fully saturated rings. The van der Waals surface area contributed by atoms with E-state index in [0.717, 1.165) is 17.1 Å². The van der Waals surface area contributed by atoms with E-state index in [4.69, 9.17) is 13.9 Å². The molecule has 5 nitrogen and oxygen atoms in total. The van der Waals surface area contributed by atoms with E-state index in [1.807, 2.05) is 38.1 Å². The Hall–Kier alpha value is -3.08. The molecule has 0 aliphatic rings. The maximum Gasteiger partial charge on any atom is 0.268 e. The van der Waals surface area contributed by atoms with Gasteiger partial charge in [-0.05, 0) is 62.4 Å². The van der Waals surface area contributed by atoms with E-state index in [1.165, 1.54) is 0 Å². The second-order valence-electron chi connectivity index (χ2n) is 5.27. The summed E-state index contributed by atoms with van der Waals surface area (Å²) in [7, 11) is 0. The van der Waals surface area contributed by atoms with Gasteiger partial charge in [-0.25, -0.2) is 4.98 Å². The van der Waals surface area contributed by atoms with Gasteiger partial charge in [-0.3, -0.25) is 4.79 Å². The van der Waals surface area contributed by atoms with Crippen LogP contribution in [0.2, 0.25) is 0 Å². The van der Waals surface area contributed by atoms with Crippen molar-refractivity contribution < 1.29 is 18.7 Å². The van der Waals surface area contributed by atoms with Gasteiger partial charge >= 0.3 is 0 Å². The molecule has 1 aromatic heterocycles. The van der Waals surface area contributed by atoms with Crippen molar-refractivity contribution in [3.05, 3.63) is 66.2 Å². The van der Waals surface area contributed by atoms with E-state index >= 15 is 0 Å². The van der Waals surface area contributed by atoms with E-state index in [-0.39, 0.29) is 11.7 Å². The van der Waals surface area contributed by atoms with Gasteiger partial charge < -0.3 is 13.9 Å². The van der Waals surface area contributed by atoms with Crippen molar-refractivity contribution in [1.82, 2.24) is 4.98 Å². The van der Waals surface area contributed by atoms with Crippen LogP contribution in [0.25, 0.3) is 11.3 Å². The first-order valence-electron chi connectivity index (χ1n) is 8.18. The van der Waals surface area contributed by atoms with Crippen LogP contribution in [-0.4, -0.2) is 24.0 Å². The van der Waals surface area contributed by atoms with E-state index in [9.17, 15) is 4.79 Å². The lowest BCUT2D eigenvalue weighted by atomic mass is 10.1. The van der Waals surface area contributed by atoms with Gasteiger partial charge in [0.15, 0.2) is 5.76 Å². The van der Waals surface area contributed by atoms with Gasteiger partial charge in [0.1, 0.15) is 11.5 Å². The quantitative estimate of drug-likeness (QED) is 0.599. The van der Waals surface area contributed by atoms with Crippen molar-refractivity contribution >= 4 is 5.78 Å². The summed E-state index contributed by atoms with van der Waals surface area (Å²) >= 11 is 0. The van der Waals surface area contributed by atoms with Crippen molar-refractivity contribution in [3.8, 4) is 22.8 Å². The summed E-state index contributed by atoms with van der Waals surface area (Å²) in [6.07, 6.45) is 1.55. The smallest absolute Gasteiger partial charge is 0.268 e. The molecule has 0 aliphatic heterocycles. The first-order valence-corrected chi connectivity index (χ1v) is 8.18. The van der Waals surface area contributed by atoms with Gasteiger partial charge in [-0.1, -0.05) is 0 Å². The molecule has 0 atom stereocenters. The number of hydrogen-bond donors (Lipinski definition) is 0. The lowest BCUT2D eigenvalue weighted by Gasteiger charge is -2.03. The molecular formula is C20H19NO4. The largest absolute Gasteiger partial charge is 0.494 e. The summed E-state index contributed by atoms with van der Waals surface area (Å²) in [6, 6.07) is 14.4. The zero-order valence-electron chi connectivity index (χ0n) is 14.2. The van der Waals surface area contributed by atoms with Gasteiger partial charge in [0.25, 0.3) is 5.89 Å². The van der Waals surface area contributed by atoms with Gasteiger partial charge in [-0.2, -0.15) is 0 Å². The fourth-order valence-electron chi connectivity index (χ4n) is 2.39. The summed E-state index contributed by atoms with van der Waals surface area (Å²) < 4.78 is 16.4. The van der Waals surface area contributed by atoms with Crippen LogP contribution < -0.4 is 9.47 Å². The highest BCUT2D eigenvalue weighted by Gasteiger charge is 2.16. The van der Waals surface area contributed by atoms with Crippen LogP contribution in [0.3, 0.4) is 0 Å². The zero-order chi connectivity index (χ0) is 17.6. The Morgan fingerprint density at radius 3 is 2.04 bits per heavy atom. The summed E-state index contributed by atoms with van der Waals surface area (Å²) in [6.45, 7) is 5.04. The van der Waals surface area contributed by atoms with Crippen LogP contribution in [0, 0.1) is 0 Å². The highest BCUT2D eigenvalue weighted by atomic mass is 16.5. The first kappa shape index (κ1) is 16.8. The highest BCUT2D eigenvalue weighted by Crippen LogP contribution is 2.24. The Kier molecular flexibility index (Phi) is 5.14. The molecule has 25 heavy (non-hydrogen) atoms. The fraction of sp³-hybridized carbons (Fsp3) is 0.200. The minimum Gasteiger partial charge on any atom is -0.494 e. The van der Waals surface area contributed by atoms with Gasteiger partial charge in [0.05, 0.1) is 19.4 Å². The maximum absolute atomic E-state index is 12.5. The average Bonchev–Trinajstić information content (AvgIpc) is 3.13. The van der Waals surface area contributed by atoms with Crippen molar-refractivity contribution in [3.63, 3.8) is 0 Å². The van der Waals surface area contributed by atoms with E-state index < -0.39 is 0 Å². The zero-order valence-corrected chi connectivity index (χ0v) is 14.2. The minimum absolute atomic E-state index is 0.0630. The fourth-order valence-corrected chi connectivity index (χ4v) is 2.39. The number of rotatable bonds is 7. The average molecular weight is 337 g/mol. The van der Waals surface area contributed by atoms with Crippen LogP contribution in [0.1, 0.15) is 30.1 Å². The van der Waals surface area contributed by atoms with E-state index in [2.05, 4.69) is 4.98 Å². The lowest BCUT2D eigenvalue weighted by molar-refractivity contribution is 0.100. The minimum atomic E-state index is -0.264. The molecular weight excluding hydrogens is 318 g/mol. The molecule has 0 saturated carbocycles. The third kappa shape index (κ3) is 3.88. The Morgan fingerprint density at radius 1 is 0.920 bits per heavy atom. The van der Waals surface area contributed by atoms with Crippen molar-refractivity contribution in [2.75, 3.05) is 13.2 Å². The van der Waals surface area contributed by atoms with Gasteiger partial charge in [-0.15, -0.1) is 0 Å². The molecule has 0 N–H and O–H groups in total. The highest BCUT2D eigenvalue weighted by molar-refractivity contribution is 6.06. The molecule has 3 aromatic rings. The third-order valence-corrected chi connectivity index (χ3v) is 3.58. The number of ketones is 1. The normalized spacial score (nSPS) is 10.5. The van der Waals surface area contributed by atoms with Crippen LogP contribution in [0.4, 0.5) is 0 Å².